The van der Waals surface area contributed by atoms with Crippen LogP contribution in [0.2, 0.25) is 0 Å². The summed E-state index contributed by atoms with van der Waals surface area (Å²) in [6, 6.07) is 7.80. The number of sulfonamides is 1. The number of likely N-dealkylation sites (tertiary alicyclic amines) is 1. The second-order valence-electron chi connectivity index (χ2n) is 12.9. The van der Waals surface area contributed by atoms with Crippen molar-refractivity contribution >= 4 is 16.0 Å². The van der Waals surface area contributed by atoms with Crippen LogP contribution >= 0.6 is 0 Å². The standard InChI is InChI=1S/C28H38F3N3O3S/c1-26(2)24(22-5-3-20(4-6-22)21-7-10-34(11-8-21)12-9-28(29,30)31)38(35,36)33-25(37-26)32-27-16-18-13-19(17-27)15-23(27)14-18/h3-6,18-19,21,23-24H,7-17H2,1-2H3,(H,32,33). The van der Waals surface area contributed by atoms with Gasteiger partial charge < -0.3 is 9.64 Å². The average Bonchev–Trinajstić information content (AvgIpc) is 3.19. The van der Waals surface area contributed by atoms with Crippen LogP contribution in [0.15, 0.2) is 29.3 Å². The van der Waals surface area contributed by atoms with Crippen molar-refractivity contribution in [2.75, 3.05) is 19.6 Å². The van der Waals surface area contributed by atoms with Crippen molar-refractivity contribution in [1.29, 1.82) is 0 Å². The maximum atomic E-state index is 13.5. The SMILES string of the molecule is CC1(C)OC(=NC23CC4CC(CC2C4)C3)NS(=O)(=O)C1c1ccc(C2CCN(CCC(F)(F)F)CC2)cc1. The Balaban J connectivity index is 1.14. The van der Waals surface area contributed by atoms with Crippen LogP contribution in [-0.4, -0.2) is 56.3 Å². The van der Waals surface area contributed by atoms with Gasteiger partial charge in [-0.05, 0) is 107 Å². The molecule has 6 aliphatic rings. The van der Waals surface area contributed by atoms with Crippen molar-refractivity contribution in [3.8, 4) is 0 Å². The fraction of sp³-hybridized carbons (Fsp3) is 0.750. The van der Waals surface area contributed by atoms with Crippen LogP contribution in [0.1, 0.15) is 87.5 Å². The van der Waals surface area contributed by atoms with E-state index >= 15 is 0 Å². The molecule has 10 heteroatoms. The second-order valence-corrected chi connectivity index (χ2v) is 14.7. The molecule has 0 aromatic heterocycles. The third kappa shape index (κ3) is 4.95. The van der Waals surface area contributed by atoms with Crippen molar-refractivity contribution in [2.24, 2.45) is 22.7 Å². The highest BCUT2D eigenvalue weighted by atomic mass is 32.2. The minimum atomic E-state index is -4.12. The molecule has 1 aromatic rings. The lowest BCUT2D eigenvalue weighted by Gasteiger charge is -2.40. The number of piperidine rings is 1. The number of hydrogen-bond donors (Lipinski definition) is 1. The van der Waals surface area contributed by atoms with Crippen LogP contribution in [0.25, 0.3) is 0 Å². The largest absolute Gasteiger partial charge is 0.457 e. The number of halogens is 3. The molecule has 4 bridgehead atoms. The first kappa shape index (κ1) is 26.4. The van der Waals surface area contributed by atoms with E-state index < -0.39 is 33.5 Å². The van der Waals surface area contributed by atoms with E-state index in [-0.39, 0.29) is 24.0 Å². The Labute approximate surface area is 223 Å². The number of rotatable bonds is 5. The summed E-state index contributed by atoms with van der Waals surface area (Å²) in [7, 11) is -3.78. The minimum absolute atomic E-state index is 0.0466. The normalized spacial score (nSPS) is 37.3. The van der Waals surface area contributed by atoms with Gasteiger partial charge in [-0.2, -0.15) is 13.2 Å². The number of benzene rings is 1. The van der Waals surface area contributed by atoms with Gasteiger partial charge in [-0.1, -0.05) is 24.3 Å². The molecule has 1 N–H and O–H groups in total. The Kier molecular flexibility index (Phi) is 6.33. The van der Waals surface area contributed by atoms with Gasteiger partial charge in [-0.25, -0.2) is 18.1 Å². The molecule has 0 radical (unpaired) electrons. The van der Waals surface area contributed by atoms with E-state index in [0.29, 0.717) is 36.4 Å². The van der Waals surface area contributed by atoms with Crippen molar-refractivity contribution in [2.45, 2.75) is 93.7 Å². The van der Waals surface area contributed by atoms with Crippen LogP contribution in [0, 0.1) is 17.8 Å². The fourth-order valence-electron chi connectivity index (χ4n) is 8.36. The number of aliphatic imine (C=N–C) groups is 1. The summed E-state index contributed by atoms with van der Waals surface area (Å²) in [6.07, 6.45) is 2.44. The third-order valence-corrected chi connectivity index (χ3v) is 11.7. The minimum Gasteiger partial charge on any atom is -0.457 e. The van der Waals surface area contributed by atoms with Crippen LogP contribution in [0.5, 0.6) is 0 Å². The smallest absolute Gasteiger partial charge is 0.390 e. The van der Waals surface area contributed by atoms with Gasteiger partial charge in [0.05, 0.1) is 12.0 Å². The molecule has 4 aliphatic carbocycles. The summed E-state index contributed by atoms with van der Waals surface area (Å²) in [5, 5.41) is -0.888. The second kappa shape index (κ2) is 9.11. The van der Waals surface area contributed by atoms with Gasteiger partial charge >= 0.3 is 6.18 Å². The first-order chi connectivity index (χ1) is 17.8. The number of amidine groups is 1. The van der Waals surface area contributed by atoms with E-state index in [1.807, 2.05) is 43.0 Å². The highest BCUT2D eigenvalue weighted by molar-refractivity contribution is 7.90. The molecular formula is C28H38F3N3O3S. The summed E-state index contributed by atoms with van der Waals surface area (Å²) in [4.78, 5) is 6.85. The van der Waals surface area contributed by atoms with E-state index in [4.69, 9.17) is 9.73 Å². The zero-order valence-electron chi connectivity index (χ0n) is 22.1. The summed E-state index contributed by atoms with van der Waals surface area (Å²) < 4.78 is 73.7. The zero-order valence-corrected chi connectivity index (χ0v) is 23.0. The molecule has 0 amide bonds. The predicted molar refractivity (Wildman–Crippen MR) is 139 cm³/mol. The summed E-state index contributed by atoms with van der Waals surface area (Å²) >= 11 is 0. The lowest BCUT2D eigenvalue weighted by molar-refractivity contribution is -0.138. The Hall–Kier alpha value is -1.81. The lowest BCUT2D eigenvalue weighted by atomic mass is 9.81. The van der Waals surface area contributed by atoms with Gasteiger partial charge in [0.15, 0.2) is 0 Å². The van der Waals surface area contributed by atoms with Crippen LogP contribution in [0.4, 0.5) is 13.2 Å². The van der Waals surface area contributed by atoms with Crippen molar-refractivity contribution in [3.05, 3.63) is 35.4 Å². The van der Waals surface area contributed by atoms with E-state index in [1.54, 1.807) is 0 Å². The molecule has 38 heavy (non-hydrogen) atoms. The lowest BCUT2D eigenvalue weighted by Crippen LogP contribution is -2.54. The highest BCUT2D eigenvalue weighted by Gasteiger charge is 2.59. The van der Waals surface area contributed by atoms with Gasteiger partial charge in [0, 0.05) is 6.54 Å². The highest BCUT2D eigenvalue weighted by Crippen LogP contribution is 2.62. The third-order valence-electron chi connectivity index (χ3n) is 9.81. The molecule has 4 saturated carbocycles. The predicted octanol–water partition coefficient (Wildman–Crippen LogP) is 5.52. The zero-order chi connectivity index (χ0) is 26.9. The van der Waals surface area contributed by atoms with Gasteiger partial charge in [0.2, 0.25) is 10.0 Å². The maximum Gasteiger partial charge on any atom is 0.390 e. The van der Waals surface area contributed by atoms with Crippen LogP contribution in [0.3, 0.4) is 0 Å². The maximum absolute atomic E-state index is 13.5. The van der Waals surface area contributed by atoms with E-state index in [9.17, 15) is 21.6 Å². The molecule has 210 valence electrons. The fourth-order valence-corrected chi connectivity index (χ4v) is 10.1. The number of hydrogen-bond acceptors (Lipinski definition) is 5. The average molecular weight is 554 g/mol. The number of nitrogens with one attached hydrogen (secondary N) is 1. The molecule has 1 aromatic carbocycles. The Bertz CT molecular complexity index is 1180. The van der Waals surface area contributed by atoms with Gasteiger partial charge in [-0.3, -0.25) is 0 Å². The Morgan fingerprint density at radius 1 is 1.03 bits per heavy atom. The summed E-state index contributed by atoms with van der Waals surface area (Å²) in [5.41, 5.74) is 0.586. The molecule has 6 fully saturated rings. The number of alkyl halides is 3. The molecule has 3 unspecified atom stereocenters. The molecule has 0 spiro atoms. The summed E-state index contributed by atoms with van der Waals surface area (Å²) in [5.74, 6) is 2.22. The molecule has 2 saturated heterocycles. The van der Waals surface area contributed by atoms with Gasteiger partial charge in [0.1, 0.15) is 10.9 Å². The first-order valence-corrected chi connectivity index (χ1v) is 15.6. The van der Waals surface area contributed by atoms with E-state index in [1.165, 1.54) is 19.3 Å². The van der Waals surface area contributed by atoms with E-state index in [0.717, 1.165) is 31.2 Å². The molecule has 2 aliphatic heterocycles. The van der Waals surface area contributed by atoms with Crippen LogP contribution in [-0.2, 0) is 14.8 Å². The topological polar surface area (TPSA) is 71.0 Å². The number of nitrogens with zero attached hydrogens (tertiary/aromatic N) is 2. The van der Waals surface area contributed by atoms with E-state index in [2.05, 4.69) is 4.72 Å². The molecule has 7 rings (SSSR count). The van der Waals surface area contributed by atoms with Gasteiger partial charge in [-0.15, -0.1) is 0 Å². The molecular weight excluding hydrogens is 515 g/mol. The summed E-state index contributed by atoms with van der Waals surface area (Å²) in [6.45, 7) is 4.94. The van der Waals surface area contributed by atoms with Crippen molar-refractivity contribution < 1.29 is 26.3 Å². The molecule has 6 nitrogen and oxygen atoms in total. The Morgan fingerprint density at radius 2 is 1.63 bits per heavy atom. The molecule has 3 atom stereocenters. The molecule has 2 heterocycles. The van der Waals surface area contributed by atoms with Crippen LogP contribution < -0.4 is 4.72 Å². The van der Waals surface area contributed by atoms with Crippen molar-refractivity contribution in [3.63, 3.8) is 0 Å². The van der Waals surface area contributed by atoms with Crippen molar-refractivity contribution in [1.82, 2.24) is 9.62 Å². The van der Waals surface area contributed by atoms with Gasteiger partial charge in [0.25, 0.3) is 6.02 Å². The Morgan fingerprint density at radius 3 is 2.21 bits per heavy atom. The first-order valence-electron chi connectivity index (χ1n) is 14.0. The number of ether oxygens (including phenoxy) is 1. The monoisotopic (exact) mass is 553 g/mol. The quantitative estimate of drug-likeness (QED) is 0.521.